The van der Waals surface area contributed by atoms with E-state index in [9.17, 15) is 5.11 Å². The van der Waals surface area contributed by atoms with Gasteiger partial charge in [0.25, 0.3) is 0 Å². The predicted molar refractivity (Wildman–Crippen MR) is 97.4 cm³/mol. The fourth-order valence-electron chi connectivity index (χ4n) is 3.43. The van der Waals surface area contributed by atoms with Crippen LogP contribution in [0.4, 0.5) is 0 Å². The third-order valence-corrected chi connectivity index (χ3v) is 5.53. The largest absolute Gasteiger partial charge is 0.492 e. The molecule has 0 spiro atoms. The molecular formula is C18H22N4O2S. The molecule has 2 aromatic heterocycles. The molecule has 0 aliphatic carbocycles. The molecule has 132 valence electrons. The van der Waals surface area contributed by atoms with Crippen molar-refractivity contribution < 1.29 is 9.84 Å². The zero-order valence-corrected chi connectivity index (χ0v) is 15.2. The molecule has 0 amide bonds. The maximum Gasteiger partial charge on any atom is 0.230 e. The van der Waals surface area contributed by atoms with Crippen molar-refractivity contribution in [2.24, 2.45) is 0 Å². The number of thiazole rings is 1. The predicted octanol–water partition coefficient (Wildman–Crippen LogP) is 3.47. The summed E-state index contributed by atoms with van der Waals surface area (Å²) >= 11 is 1.50. The summed E-state index contributed by atoms with van der Waals surface area (Å²) in [6.45, 7) is 6.09. The van der Waals surface area contributed by atoms with Gasteiger partial charge in [0.15, 0.2) is 0 Å². The Morgan fingerprint density at radius 3 is 2.76 bits per heavy atom. The van der Waals surface area contributed by atoms with Crippen LogP contribution < -0.4 is 4.74 Å². The molecule has 0 radical (unpaired) electrons. The number of aromatic hydroxyl groups is 1. The van der Waals surface area contributed by atoms with E-state index >= 15 is 0 Å². The van der Waals surface area contributed by atoms with Crippen molar-refractivity contribution in [3.63, 3.8) is 0 Å². The summed E-state index contributed by atoms with van der Waals surface area (Å²) < 4.78 is 7.38. The van der Waals surface area contributed by atoms with E-state index in [2.05, 4.69) is 27.1 Å². The van der Waals surface area contributed by atoms with Crippen molar-refractivity contribution >= 4 is 16.3 Å². The van der Waals surface area contributed by atoms with E-state index in [4.69, 9.17) is 4.74 Å². The van der Waals surface area contributed by atoms with Crippen molar-refractivity contribution in [1.82, 2.24) is 19.5 Å². The Hall–Kier alpha value is -2.12. The van der Waals surface area contributed by atoms with Crippen LogP contribution in [0.2, 0.25) is 0 Å². The first-order valence-corrected chi connectivity index (χ1v) is 9.47. The fourth-order valence-corrected chi connectivity index (χ4v) is 4.52. The van der Waals surface area contributed by atoms with Crippen molar-refractivity contribution in [3.8, 4) is 11.6 Å². The van der Waals surface area contributed by atoms with Gasteiger partial charge in [-0.2, -0.15) is 9.61 Å². The van der Waals surface area contributed by atoms with Gasteiger partial charge in [-0.3, -0.25) is 4.90 Å². The zero-order valence-electron chi connectivity index (χ0n) is 14.4. The van der Waals surface area contributed by atoms with Gasteiger partial charge in [0.1, 0.15) is 12.1 Å². The Morgan fingerprint density at radius 1 is 1.24 bits per heavy atom. The smallest absolute Gasteiger partial charge is 0.230 e. The molecule has 3 aromatic rings. The van der Waals surface area contributed by atoms with Crippen molar-refractivity contribution in [2.45, 2.75) is 38.8 Å². The summed E-state index contributed by atoms with van der Waals surface area (Å²) in [4.78, 5) is 8.25. The number of hydrogen-bond donors (Lipinski definition) is 1. The Labute approximate surface area is 150 Å². The fraction of sp³-hybridized carbons (Fsp3) is 0.444. The number of aromatic nitrogens is 3. The average Bonchev–Trinajstić information content (AvgIpc) is 3.29. The lowest BCUT2D eigenvalue weighted by atomic mass is 10.0. The highest BCUT2D eigenvalue weighted by Crippen LogP contribution is 2.41. The molecular weight excluding hydrogens is 336 g/mol. The van der Waals surface area contributed by atoms with E-state index in [-0.39, 0.29) is 18.0 Å². The number of ether oxygens (including phenoxy) is 1. The quantitative estimate of drug-likeness (QED) is 0.757. The lowest BCUT2D eigenvalue weighted by molar-refractivity contribution is 0.240. The highest BCUT2D eigenvalue weighted by molar-refractivity contribution is 7.17. The van der Waals surface area contributed by atoms with E-state index < -0.39 is 0 Å². The second-order valence-electron chi connectivity index (χ2n) is 6.63. The summed E-state index contributed by atoms with van der Waals surface area (Å²) in [7, 11) is 0. The van der Waals surface area contributed by atoms with Crippen LogP contribution in [0.15, 0.2) is 30.6 Å². The van der Waals surface area contributed by atoms with Gasteiger partial charge in [0, 0.05) is 0 Å². The molecule has 25 heavy (non-hydrogen) atoms. The molecule has 0 bridgehead atoms. The summed E-state index contributed by atoms with van der Waals surface area (Å²) in [5.41, 5.74) is 1.12. The Balaban J connectivity index is 1.78. The van der Waals surface area contributed by atoms with Crippen LogP contribution in [-0.4, -0.2) is 43.8 Å². The summed E-state index contributed by atoms with van der Waals surface area (Å²) in [5.74, 6) is 1.04. The van der Waals surface area contributed by atoms with Crippen LogP contribution in [0.1, 0.15) is 43.2 Å². The lowest BCUT2D eigenvalue weighted by Gasteiger charge is -2.27. The molecule has 1 N–H and O–H groups in total. The van der Waals surface area contributed by atoms with Gasteiger partial charge >= 0.3 is 0 Å². The van der Waals surface area contributed by atoms with Crippen molar-refractivity contribution in [2.75, 3.05) is 13.1 Å². The number of fused-ring (bicyclic) bond motifs is 1. The van der Waals surface area contributed by atoms with Gasteiger partial charge in [-0.05, 0) is 57.5 Å². The van der Waals surface area contributed by atoms with Gasteiger partial charge in [0.2, 0.25) is 10.8 Å². The number of rotatable bonds is 5. The summed E-state index contributed by atoms with van der Waals surface area (Å²) in [5, 5.41) is 14.8. The first-order valence-electron chi connectivity index (χ1n) is 8.65. The van der Waals surface area contributed by atoms with Gasteiger partial charge in [-0.1, -0.05) is 23.5 Å². The highest BCUT2D eigenvalue weighted by atomic mass is 32.1. The zero-order chi connectivity index (χ0) is 17.4. The molecule has 1 saturated heterocycles. The maximum absolute atomic E-state index is 10.7. The molecule has 7 heteroatoms. The van der Waals surface area contributed by atoms with Crippen LogP contribution in [0.3, 0.4) is 0 Å². The Kier molecular flexibility index (Phi) is 4.35. The van der Waals surface area contributed by atoms with Gasteiger partial charge in [0.05, 0.1) is 17.0 Å². The van der Waals surface area contributed by atoms with Crippen molar-refractivity contribution in [1.29, 1.82) is 0 Å². The molecule has 3 heterocycles. The molecule has 1 atom stereocenters. The topological polar surface area (TPSA) is 62.9 Å². The lowest BCUT2D eigenvalue weighted by Crippen LogP contribution is -2.26. The van der Waals surface area contributed by atoms with Crippen molar-refractivity contribution in [3.05, 3.63) is 41.0 Å². The Morgan fingerprint density at radius 2 is 2.04 bits per heavy atom. The molecule has 1 aliphatic heterocycles. The second-order valence-corrected chi connectivity index (χ2v) is 7.64. The number of hydrogen-bond acceptors (Lipinski definition) is 6. The highest BCUT2D eigenvalue weighted by Gasteiger charge is 2.31. The molecule has 0 saturated carbocycles. The molecule has 1 aliphatic rings. The van der Waals surface area contributed by atoms with Crippen LogP contribution in [0, 0.1) is 0 Å². The van der Waals surface area contributed by atoms with E-state index in [1.807, 2.05) is 26.0 Å². The first-order chi connectivity index (χ1) is 12.1. The van der Waals surface area contributed by atoms with Crippen LogP contribution in [0.25, 0.3) is 4.96 Å². The average molecular weight is 358 g/mol. The third-order valence-electron chi connectivity index (χ3n) is 4.44. The summed E-state index contributed by atoms with van der Waals surface area (Å²) in [6.07, 6.45) is 3.96. The van der Waals surface area contributed by atoms with Gasteiger partial charge in [-0.15, -0.1) is 0 Å². The molecule has 4 rings (SSSR count). The minimum absolute atomic E-state index is 0.00767. The van der Waals surface area contributed by atoms with E-state index in [1.54, 1.807) is 0 Å². The van der Waals surface area contributed by atoms with E-state index in [1.165, 1.54) is 35.0 Å². The van der Waals surface area contributed by atoms with E-state index in [0.717, 1.165) is 29.3 Å². The Bertz CT molecular complexity index is 867. The number of nitrogens with zero attached hydrogens (tertiary/aromatic N) is 4. The number of likely N-dealkylation sites (tertiary alicyclic amines) is 1. The second kappa shape index (κ2) is 6.65. The monoisotopic (exact) mass is 358 g/mol. The first kappa shape index (κ1) is 16.4. The molecule has 1 unspecified atom stereocenters. The van der Waals surface area contributed by atoms with Crippen LogP contribution in [0.5, 0.6) is 11.6 Å². The van der Waals surface area contributed by atoms with Crippen LogP contribution >= 0.6 is 11.3 Å². The maximum atomic E-state index is 10.7. The molecule has 1 aromatic carbocycles. The summed E-state index contributed by atoms with van der Waals surface area (Å²) in [6, 6.07) is 8.17. The normalized spacial score (nSPS) is 16.8. The standard InChI is InChI=1S/C18H22N4O2S/c1-12(2)24-14-7-5-6-13(10-14)15(21-8-3-4-9-21)16-17(23)22-18(25-16)19-11-20-22/h5-7,10-12,15,23H,3-4,8-9H2,1-2H3. The molecule has 6 nitrogen and oxygen atoms in total. The van der Waals surface area contributed by atoms with Gasteiger partial charge < -0.3 is 9.84 Å². The minimum atomic E-state index is -0.00767. The van der Waals surface area contributed by atoms with Crippen LogP contribution in [-0.2, 0) is 0 Å². The molecule has 1 fully saturated rings. The SMILES string of the molecule is CC(C)Oc1cccc(C(c2sc3ncnn3c2O)N2CCCC2)c1. The minimum Gasteiger partial charge on any atom is -0.492 e. The third kappa shape index (κ3) is 3.09. The number of benzene rings is 1. The van der Waals surface area contributed by atoms with Gasteiger partial charge in [-0.25, -0.2) is 4.98 Å². The van der Waals surface area contributed by atoms with E-state index in [0.29, 0.717) is 4.96 Å².